The zero-order valence-corrected chi connectivity index (χ0v) is 14.1. The Balaban J connectivity index is 2.39. The third-order valence-corrected chi connectivity index (χ3v) is 6.24. The zero-order chi connectivity index (χ0) is 15.6. The van der Waals surface area contributed by atoms with Gasteiger partial charge >= 0.3 is 0 Å². The highest BCUT2D eigenvalue weighted by atomic mass is 35.5. The van der Waals surface area contributed by atoms with Gasteiger partial charge in [0, 0.05) is 18.0 Å². The van der Waals surface area contributed by atoms with E-state index < -0.39 is 10.0 Å². The maximum Gasteiger partial charge on any atom is 0.247 e. The number of hydrogen-bond acceptors (Lipinski definition) is 4. The van der Waals surface area contributed by atoms with Crippen molar-refractivity contribution in [3.05, 3.63) is 45.4 Å². The number of sulfonamides is 1. The van der Waals surface area contributed by atoms with Crippen LogP contribution < -0.4 is 0 Å². The maximum absolute atomic E-state index is 12.8. The average molecular weight is 346 g/mol. The molecule has 0 aliphatic heterocycles. The fraction of sp³-hybridized carbons (Fsp3) is 0.308. The van der Waals surface area contributed by atoms with Crippen LogP contribution in [0.25, 0.3) is 0 Å². The average Bonchev–Trinajstić information content (AvgIpc) is 2.95. The van der Waals surface area contributed by atoms with E-state index in [1.165, 1.54) is 15.6 Å². The lowest BCUT2D eigenvalue weighted by Gasteiger charge is -2.20. The summed E-state index contributed by atoms with van der Waals surface area (Å²) < 4.78 is 27.7. The molecule has 2 rings (SSSR count). The summed E-state index contributed by atoms with van der Waals surface area (Å²) >= 11 is 7.27. The van der Waals surface area contributed by atoms with E-state index in [1.807, 2.05) is 6.07 Å². The summed E-state index contributed by atoms with van der Waals surface area (Å²) in [6.07, 6.45) is 1.57. The van der Waals surface area contributed by atoms with Crippen LogP contribution in [0.1, 0.15) is 16.3 Å². The fourth-order valence-corrected chi connectivity index (χ4v) is 4.96. The largest absolute Gasteiger partial charge is 0.281 e. The summed E-state index contributed by atoms with van der Waals surface area (Å²) in [4.78, 5) is 1.11. The van der Waals surface area contributed by atoms with Crippen molar-refractivity contribution in [3.63, 3.8) is 0 Å². The van der Waals surface area contributed by atoms with Gasteiger partial charge in [0.1, 0.15) is 4.90 Å². The second-order valence-corrected chi connectivity index (χ2v) is 8.23. The molecule has 0 fully saturated rings. The maximum atomic E-state index is 12.8. The first-order valence-electron chi connectivity index (χ1n) is 6.23. The second kappa shape index (κ2) is 6.31. The molecule has 0 radical (unpaired) electrons. The molecule has 5 nitrogen and oxygen atoms in total. The highest BCUT2D eigenvalue weighted by molar-refractivity contribution is 7.89. The Kier molecular flexibility index (Phi) is 4.88. The van der Waals surface area contributed by atoms with Crippen molar-refractivity contribution in [1.82, 2.24) is 14.5 Å². The number of nitrogens with one attached hydrogen (secondary N) is 1. The summed E-state index contributed by atoms with van der Waals surface area (Å²) in [6, 6.07) is 3.59. The Morgan fingerprint density at radius 1 is 1.48 bits per heavy atom. The highest BCUT2D eigenvalue weighted by Gasteiger charge is 2.29. The van der Waals surface area contributed by atoms with Crippen molar-refractivity contribution >= 4 is 33.0 Å². The molecule has 0 aliphatic rings. The quantitative estimate of drug-likeness (QED) is 0.818. The molecular weight excluding hydrogens is 330 g/mol. The van der Waals surface area contributed by atoms with E-state index in [0.717, 1.165) is 4.88 Å². The minimum Gasteiger partial charge on any atom is -0.281 e. The Hall–Kier alpha value is -1.15. The third kappa shape index (κ3) is 3.37. The van der Waals surface area contributed by atoms with E-state index >= 15 is 0 Å². The SMILES string of the molecule is C=CCN(Cc1ccc(Cl)s1)S(=O)(=O)c1c(C)n[nH]c1C. The van der Waals surface area contributed by atoms with Crippen LogP contribution in [0.15, 0.2) is 29.7 Å². The summed E-state index contributed by atoms with van der Waals surface area (Å²) in [5.74, 6) is 0. The van der Waals surface area contributed by atoms with Gasteiger partial charge in [0.15, 0.2) is 0 Å². The third-order valence-electron chi connectivity index (χ3n) is 2.95. The van der Waals surface area contributed by atoms with Gasteiger partial charge in [-0.05, 0) is 26.0 Å². The van der Waals surface area contributed by atoms with Gasteiger partial charge in [-0.25, -0.2) is 8.42 Å². The van der Waals surface area contributed by atoms with Gasteiger partial charge in [-0.3, -0.25) is 5.10 Å². The van der Waals surface area contributed by atoms with Crippen molar-refractivity contribution in [3.8, 4) is 0 Å². The standard InChI is InChI=1S/C13H16ClN3O2S2/c1-4-7-17(8-11-5-6-12(14)20-11)21(18,19)13-9(2)15-16-10(13)3/h4-6H,1,7-8H2,2-3H3,(H,15,16). The molecule has 21 heavy (non-hydrogen) atoms. The Morgan fingerprint density at radius 3 is 2.67 bits per heavy atom. The monoisotopic (exact) mass is 345 g/mol. The van der Waals surface area contributed by atoms with Crippen molar-refractivity contribution in [1.29, 1.82) is 0 Å². The predicted molar refractivity (Wildman–Crippen MR) is 85.2 cm³/mol. The van der Waals surface area contributed by atoms with Crippen LogP contribution in [0.3, 0.4) is 0 Å². The highest BCUT2D eigenvalue weighted by Crippen LogP contribution is 2.27. The van der Waals surface area contributed by atoms with Gasteiger partial charge < -0.3 is 0 Å². The molecule has 0 aliphatic carbocycles. The molecule has 0 atom stereocenters. The lowest BCUT2D eigenvalue weighted by molar-refractivity contribution is 0.440. The number of rotatable bonds is 6. The summed E-state index contributed by atoms with van der Waals surface area (Å²) in [5, 5.41) is 6.67. The molecule has 0 saturated heterocycles. The summed E-state index contributed by atoms with van der Waals surface area (Å²) in [6.45, 7) is 7.49. The minimum atomic E-state index is -3.64. The number of nitrogens with zero attached hydrogens (tertiary/aromatic N) is 2. The summed E-state index contributed by atoms with van der Waals surface area (Å²) in [5.41, 5.74) is 0.997. The molecule has 0 amide bonds. The van der Waals surface area contributed by atoms with E-state index in [2.05, 4.69) is 16.8 Å². The topological polar surface area (TPSA) is 66.1 Å². The molecule has 0 bridgehead atoms. The molecular formula is C13H16ClN3O2S2. The first-order valence-corrected chi connectivity index (χ1v) is 8.86. The smallest absolute Gasteiger partial charge is 0.247 e. The van der Waals surface area contributed by atoms with Crippen LogP contribution in [0.5, 0.6) is 0 Å². The molecule has 2 heterocycles. The van der Waals surface area contributed by atoms with Gasteiger partial charge in [0.2, 0.25) is 10.0 Å². The normalized spacial score (nSPS) is 12.0. The molecule has 8 heteroatoms. The first-order chi connectivity index (χ1) is 9.86. The molecule has 0 spiro atoms. The van der Waals surface area contributed by atoms with Crippen LogP contribution in [0.4, 0.5) is 0 Å². The number of halogens is 1. The molecule has 0 aromatic carbocycles. The van der Waals surface area contributed by atoms with Crippen LogP contribution >= 0.6 is 22.9 Å². The Labute approximate surface area is 133 Å². The molecule has 1 N–H and O–H groups in total. The fourth-order valence-electron chi connectivity index (χ4n) is 2.05. The number of aryl methyl sites for hydroxylation is 2. The lowest BCUT2D eigenvalue weighted by atomic mass is 10.4. The van der Waals surface area contributed by atoms with Crippen LogP contribution in [-0.4, -0.2) is 29.5 Å². The van der Waals surface area contributed by atoms with Crippen molar-refractivity contribution < 1.29 is 8.42 Å². The Morgan fingerprint density at radius 2 is 2.19 bits per heavy atom. The summed E-state index contributed by atoms with van der Waals surface area (Å²) in [7, 11) is -3.64. The van der Waals surface area contributed by atoms with Gasteiger partial charge in [-0.1, -0.05) is 17.7 Å². The van der Waals surface area contributed by atoms with Crippen LogP contribution in [0.2, 0.25) is 4.34 Å². The van der Waals surface area contributed by atoms with E-state index in [1.54, 1.807) is 26.0 Å². The van der Waals surface area contributed by atoms with Gasteiger partial charge in [-0.15, -0.1) is 17.9 Å². The molecule has 0 unspecified atom stereocenters. The van der Waals surface area contributed by atoms with E-state index in [9.17, 15) is 8.42 Å². The molecule has 114 valence electrons. The molecule has 2 aromatic rings. The minimum absolute atomic E-state index is 0.224. The van der Waals surface area contributed by atoms with Gasteiger partial charge in [0.05, 0.1) is 15.7 Å². The number of aromatic nitrogens is 2. The second-order valence-electron chi connectivity index (χ2n) is 4.56. The zero-order valence-electron chi connectivity index (χ0n) is 11.8. The molecule has 0 saturated carbocycles. The lowest BCUT2D eigenvalue weighted by Crippen LogP contribution is -2.31. The molecule has 2 aromatic heterocycles. The van der Waals surface area contributed by atoms with E-state index in [-0.39, 0.29) is 18.0 Å². The first kappa shape index (κ1) is 16.2. The number of aromatic amines is 1. The van der Waals surface area contributed by atoms with Gasteiger partial charge in [-0.2, -0.15) is 9.40 Å². The number of H-pyrrole nitrogens is 1. The van der Waals surface area contributed by atoms with Gasteiger partial charge in [0.25, 0.3) is 0 Å². The van der Waals surface area contributed by atoms with E-state index in [0.29, 0.717) is 15.7 Å². The predicted octanol–water partition coefficient (Wildman–Crippen LogP) is 3.12. The van der Waals surface area contributed by atoms with Crippen molar-refractivity contribution in [2.24, 2.45) is 0 Å². The van der Waals surface area contributed by atoms with E-state index in [4.69, 9.17) is 11.6 Å². The number of hydrogen-bond donors (Lipinski definition) is 1. The van der Waals surface area contributed by atoms with Crippen molar-refractivity contribution in [2.45, 2.75) is 25.3 Å². The number of thiophene rings is 1. The van der Waals surface area contributed by atoms with Crippen molar-refractivity contribution in [2.75, 3.05) is 6.54 Å². The Bertz CT molecular complexity index is 730. The van der Waals surface area contributed by atoms with Crippen LogP contribution in [-0.2, 0) is 16.6 Å². The van der Waals surface area contributed by atoms with Crippen LogP contribution in [0, 0.1) is 13.8 Å².